The van der Waals surface area contributed by atoms with Gasteiger partial charge in [-0.1, -0.05) is 6.08 Å². The maximum Gasteiger partial charge on any atom is 0.327 e. The molecule has 0 aromatic heterocycles. The predicted octanol–water partition coefficient (Wildman–Crippen LogP) is 0.225. The lowest BCUT2D eigenvalue weighted by Gasteiger charge is -2.20. The molecule has 5 nitrogen and oxygen atoms in total. The third kappa shape index (κ3) is 1.74. The molecular formula is C10H14N2O3. The van der Waals surface area contributed by atoms with Gasteiger partial charge >= 0.3 is 6.03 Å². The summed E-state index contributed by atoms with van der Waals surface area (Å²) in [6.45, 7) is 5.25. The molecule has 82 valence electrons. The van der Waals surface area contributed by atoms with E-state index in [4.69, 9.17) is 4.74 Å². The Morgan fingerprint density at radius 2 is 2.33 bits per heavy atom. The van der Waals surface area contributed by atoms with Gasteiger partial charge in [0.2, 0.25) is 0 Å². The van der Waals surface area contributed by atoms with Crippen molar-refractivity contribution in [3.05, 3.63) is 12.7 Å². The zero-order valence-electron chi connectivity index (χ0n) is 8.52. The summed E-state index contributed by atoms with van der Waals surface area (Å²) in [4.78, 5) is 26.3. The van der Waals surface area contributed by atoms with Gasteiger partial charge in [0.25, 0.3) is 5.91 Å². The molecule has 0 bridgehead atoms. The quantitative estimate of drug-likeness (QED) is 0.495. The molecule has 2 rings (SSSR count). The van der Waals surface area contributed by atoms with E-state index < -0.39 is 0 Å². The molecule has 0 radical (unpaired) electrons. The van der Waals surface area contributed by atoms with Gasteiger partial charge in [-0.15, -0.1) is 6.58 Å². The predicted molar refractivity (Wildman–Crippen MR) is 53.2 cm³/mol. The monoisotopic (exact) mass is 210 g/mol. The summed E-state index contributed by atoms with van der Waals surface area (Å²) in [5.41, 5.74) is 0. The first-order valence-corrected chi connectivity index (χ1v) is 5.03. The summed E-state index contributed by atoms with van der Waals surface area (Å²) >= 11 is 0. The maximum atomic E-state index is 11.8. The average molecular weight is 210 g/mol. The maximum absolute atomic E-state index is 11.8. The highest BCUT2D eigenvalue weighted by molar-refractivity contribution is 6.02. The summed E-state index contributed by atoms with van der Waals surface area (Å²) in [5, 5.41) is 0. The Labute approximate surface area is 88.3 Å². The van der Waals surface area contributed by atoms with Crippen LogP contribution >= 0.6 is 0 Å². The molecule has 0 aromatic carbocycles. The average Bonchev–Trinajstić information content (AvgIpc) is 2.77. The van der Waals surface area contributed by atoms with Gasteiger partial charge in [0.1, 0.15) is 6.54 Å². The van der Waals surface area contributed by atoms with Crippen molar-refractivity contribution >= 4 is 11.9 Å². The molecule has 0 aliphatic carbocycles. The fourth-order valence-corrected chi connectivity index (χ4v) is 1.95. The minimum Gasteiger partial charge on any atom is -0.379 e. The number of amides is 3. The first kappa shape index (κ1) is 10.2. The van der Waals surface area contributed by atoms with E-state index in [1.54, 1.807) is 6.08 Å². The molecule has 0 saturated carbocycles. The Balaban J connectivity index is 2.08. The number of carbonyl (C=O) groups excluding carboxylic acids is 2. The van der Waals surface area contributed by atoms with E-state index in [9.17, 15) is 9.59 Å². The summed E-state index contributed by atoms with van der Waals surface area (Å²) in [6.07, 6.45) is 2.37. The molecule has 0 aromatic rings. The fourth-order valence-electron chi connectivity index (χ4n) is 1.95. The summed E-state index contributed by atoms with van der Waals surface area (Å²) in [7, 11) is 0. The molecule has 2 heterocycles. The van der Waals surface area contributed by atoms with Crippen LogP contribution in [0.4, 0.5) is 4.79 Å². The minimum atomic E-state index is -0.213. The van der Waals surface area contributed by atoms with E-state index in [2.05, 4.69) is 6.58 Å². The fraction of sp³-hybridized carbons (Fsp3) is 0.600. The van der Waals surface area contributed by atoms with Gasteiger partial charge in [0.05, 0.1) is 12.6 Å². The van der Waals surface area contributed by atoms with Crippen LogP contribution in [0.3, 0.4) is 0 Å². The molecule has 5 heteroatoms. The second-order valence-corrected chi connectivity index (χ2v) is 3.73. The van der Waals surface area contributed by atoms with Gasteiger partial charge in [0.15, 0.2) is 0 Å². The van der Waals surface area contributed by atoms with Crippen molar-refractivity contribution in [2.24, 2.45) is 0 Å². The lowest BCUT2D eigenvalue weighted by atomic mass is 10.2. The van der Waals surface area contributed by atoms with Crippen LogP contribution in [0.15, 0.2) is 12.7 Å². The number of hydrogen-bond acceptors (Lipinski definition) is 3. The Hall–Kier alpha value is -1.36. The smallest absolute Gasteiger partial charge is 0.327 e. The van der Waals surface area contributed by atoms with Crippen molar-refractivity contribution in [3.8, 4) is 0 Å². The molecule has 2 aliphatic heterocycles. The standard InChI is InChI=1S/C10H14N2O3/c1-2-4-11-6-9(13)12(10(11)14)8-3-5-15-7-8/h2,8H,1,3-7H2. The zero-order chi connectivity index (χ0) is 10.8. The summed E-state index contributed by atoms with van der Waals surface area (Å²) < 4.78 is 5.18. The highest BCUT2D eigenvalue weighted by Gasteiger charge is 2.41. The van der Waals surface area contributed by atoms with Crippen molar-refractivity contribution in [2.75, 3.05) is 26.3 Å². The molecule has 1 atom stereocenters. The van der Waals surface area contributed by atoms with Crippen LogP contribution in [-0.4, -0.2) is 54.1 Å². The Bertz CT molecular complexity index is 297. The van der Waals surface area contributed by atoms with E-state index in [1.807, 2.05) is 0 Å². The highest BCUT2D eigenvalue weighted by atomic mass is 16.5. The van der Waals surface area contributed by atoms with E-state index in [-0.39, 0.29) is 24.5 Å². The van der Waals surface area contributed by atoms with Gasteiger partial charge in [-0.25, -0.2) is 4.79 Å². The van der Waals surface area contributed by atoms with Crippen LogP contribution in [0.25, 0.3) is 0 Å². The number of ether oxygens (including phenoxy) is 1. The topological polar surface area (TPSA) is 49.9 Å². The largest absolute Gasteiger partial charge is 0.379 e. The van der Waals surface area contributed by atoms with Crippen LogP contribution < -0.4 is 0 Å². The number of nitrogens with zero attached hydrogens (tertiary/aromatic N) is 2. The molecule has 0 N–H and O–H groups in total. The number of carbonyl (C=O) groups is 2. The van der Waals surface area contributed by atoms with Gasteiger partial charge < -0.3 is 9.64 Å². The van der Waals surface area contributed by atoms with Gasteiger partial charge in [-0.2, -0.15) is 0 Å². The Morgan fingerprint density at radius 1 is 1.53 bits per heavy atom. The second-order valence-electron chi connectivity index (χ2n) is 3.73. The number of hydrogen-bond donors (Lipinski definition) is 0. The lowest BCUT2D eigenvalue weighted by Crippen LogP contribution is -2.41. The van der Waals surface area contributed by atoms with Crippen LogP contribution in [-0.2, 0) is 9.53 Å². The Kier molecular flexibility index (Phi) is 2.73. The SMILES string of the molecule is C=CCN1CC(=O)N(C2CCOC2)C1=O. The van der Waals surface area contributed by atoms with E-state index in [0.717, 1.165) is 6.42 Å². The van der Waals surface area contributed by atoms with Crippen LogP contribution in [0.1, 0.15) is 6.42 Å². The minimum absolute atomic E-state index is 0.0696. The third-order valence-corrected chi connectivity index (χ3v) is 2.69. The summed E-state index contributed by atoms with van der Waals surface area (Å²) in [6, 6.07) is -0.282. The lowest BCUT2D eigenvalue weighted by molar-refractivity contribution is -0.126. The van der Waals surface area contributed by atoms with E-state index in [0.29, 0.717) is 19.8 Å². The molecule has 0 spiro atoms. The third-order valence-electron chi connectivity index (χ3n) is 2.69. The highest BCUT2D eigenvalue weighted by Crippen LogP contribution is 2.19. The van der Waals surface area contributed by atoms with Crippen LogP contribution in [0.5, 0.6) is 0 Å². The molecular weight excluding hydrogens is 196 g/mol. The molecule has 2 aliphatic rings. The number of rotatable bonds is 3. The van der Waals surface area contributed by atoms with E-state index in [1.165, 1.54) is 9.80 Å². The van der Waals surface area contributed by atoms with Crippen molar-refractivity contribution in [2.45, 2.75) is 12.5 Å². The Morgan fingerprint density at radius 3 is 2.93 bits per heavy atom. The molecule has 2 fully saturated rings. The first-order chi connectivity index (χ1) is 7.24. The zero-order valence-corrected chi connectivity index (χ0v) is 8.52. The van der Waals surface area contributed by atoms with Gasteiger partial charge in [-0.3, -0.25) is 9.69 Å². The number of urea groups is 1. The van der Waals surface area contributed by atoms with Gasteiger partial charge in [0, 0.05) is 13.2 Å². The summed E-state index contributed by atoms with van der Waals surface area (Å²) in [5.74, 6) is -0.127. The molecule has 2 saturated heterocycles. The number of imide groups is 1. The second kappa shape index (κ2) is 4.02. The van der Waals surface area contributed by atoms with Crippen molar-refractivity contribution < 1.29 is 14.3 Å². The van der Waals surface area contributed by atoms with Crippen molar-refractivity contribution in [1.82, 2.24) is 9.80 Å². The van der Waals surface area contributed by atoms with Crippen molar-refractivity contribution in [1.29, 1.82) is 0 Å². The normalized spacial score (nSPS) is 26.5. The first-order valence-electron chi connectivity index (χ1n) is 5.03. The van der Waals surface area contributed by atoms with Crippen molar-refractivity contribution in [3.63, 3.8) is 0 Å². The van der Waals surface area contributed by atoms with E-state index >= 15 is 0 Å². The molecule has 3 amide bonds. The van der Waals surface area contributed by atoms with Gasteiger partial charge in [-0.05, 0) is 6.42 Å². The molecule has 1 unspecified atom stereocenters. The van der Waals surface area contributed by atoms with Crippen LogP contribution in [0.2, 0.25) is 0 Å². The van der Waals surface area contributed by atoms with Crippen LogP contribution in [0, 0.1) is 0 Å². The molecule has 15 heavy (non-hydrogen) atoms.